The first-order chi connectivity index (χ1) is 7.92. The molecule has 0 N–H and O–H groups in total. The van der Waals surface area contributed by atoms with Gasteiger partial charge in [-0.05, 0) is 0 Å². The first-order valence-electron chi connectivity index (χ1n) is 5.00. The fourth-order valence-electron chi connectivity index (χ4n) is 1.56. The van der Waals surface area contributed by atoms with Gasteiger partial charge in [0.15, 0.2) is 0 Å². The van der Waals surface area contributed by atoms with Gasteiger partial charge in [0, 0.05) is 0 Å². The van der Waals surface area contributed by atoms with E-state index in [0.717, 1.165) is 16.7 Å². The number of hydrogen-bond donors (Lipinski definition) is 0. The molecule has 0 atom stereocenters. The predicted molar refractivity (Wildman–Crippen MR) is 63.9 cm³/mol. The Bertz CT molecular complexity index is 501. The van der Waals surface area contributed by atoms with Gasteiger partial charge in [-0.15, -0.1) is 0 Å². The van der Waals surface area contributed by atoms with Crippen LogP contribution in [0.3, 0.4) is 0 Å². The number of benzene rings is 2. The summed E-state index contributed by atoms with van der Waals surface area (Å²) in [5.74, 6) is 0. The van der Waals surface area contributed by atoms with E-state index >= 15 is 0 Å². The van der Waals surface area contributed by atoms with E-state index in [9.17, 15) is 0 Å². The molecule has 0 aromatic heterocycles. The van der Waals surface area contributed by atoms with Crippen molar-refractivity contribution >= 4 is 9.84 Å². The molecule has 2 aromatic carbocycles. The molecule has 0 aliphatic carbocycles. The molecule has 0 heterocycles. The van der Waals surface area contributed by atoms with Gasteiger partial charge in [0.05, 0.1) is 0 Å². The maximum atomic E-state index is 3.15. The monoisotopic (exact) mass is 292 g/mol. The molecular weight excluding hydrogens is 281 g/mol. The molecule has 0 radical (unpaired) electrons. The van der Waals surface area contributed by atoms with Crippen LogP contribution in [-0.4, -0.2) is 4.26 Å². The Morgan fingerprint density at radius 2 is 1.19 bits per heavy atom. The third-order valence-corrected chi connectivity index (χ3v) is 2.51. The van der Waals surface area contributed by atoms with Gasteiger partial charge >= 0.3 is 105 Å². The van der Waals surface area contributed by atoms with E-state index in [-0.39, 0.29) is 0 Å². The Hall–Kier alpha value is -1.51. The second kappa shape index (κ2) is 5.54. The molecule has 2 aromatic rings. The van der Waals surface area contributed by atoms with Crippen molar-refractivity contribution in [3.8, 4) is 0 Å². The molecule has 16 heavy (non-hydrogen) atoms. The molecule has 0 saturated heterocycles. The number of rotatable bonds is 2. The van der Waals surface area contributed by atoms with Crippen molar-refractivity contribution in [2.45, 2.75) is 0 Å². The fourth-order valence-corrected chi connectivity index (χ4v) is 1.78. The van der Waals surface area contributed by atoms with Gasteiger partial charge in [0.2, 0.25) is 0 Å². The molecule has 0 spiro atoms. The standard InChI is InChI=1S/C15H10.Ru/c1-2-15(13-9-5-3-6-10-13)14-11-7-4-8-12-14;/h3-12H;/q;+1. The van der Waals surface area contributed by atoms with Gasteiger partial charge in [-0.3, -0.25) is 0 Å². The molecule has 1 heteroatoms. The quantitative estimate of drug-likeness (QED) is 0.589. The second-order valence-electron chi connectivity index (χ2n) is 3.32. The molecule has 0 aliphatic rings. The zero-order valence-electron chi connectivity index (χ0n) is 8.63. The van der Waals surface area contributed by atoms with Gasteiger partial charge in [0.25, 0.3) is 0 Å². The molecule has 77 valence electrons. The van der Waals surface area contributed by atoms with E-state index in [1.165, 1.54) is 0 Å². The van der Waals surface area contributed by atoms with Gasteiger partial charge in [-0.1, -0.05) is 0 Å². The van der Waals surface area contributed by atoms with E-state index in [0.29, 0.717) is 0 Å². The third kappa shape index (κ3) is 2.54. The molecule has 0 amide bonds. The van der Waals surface area contributed by atoms with Crippen LogP contribution in [0.4, 0.5) is 0 Å². The molecule has 0 saturated carbocycles. The van der Waals surface area contributed by atoms with Crippen LogP contribution in [0.5, 0.6) is 0 Å². The molecule has 0 fully saturated rings. The summed E-state index contributed by atoms with van der Waals surface area (Å²) in [6, 6.07) is 20.5. The summed E-state index contributed by atoms with van der Waals surface area (Å²) < 4.78 is 2.91. The zero-order chi connectivity index (χ0) is 11.2. The van der Waals surface area contributed by atoms with Gasteiger partial charge in [-0.25, -0.2) is 0 Å². The van der Waals surface area contributed by atoms with Crippen LogP contribution in [-0.2, 0) is 17.9 Å². The SMILES string of the molecule is [Ru+]=[C]=C=C(c1ccccc1)c1ccccc1. The zero-order valence-corrected chi connectivity index (χ0v) is 10.4. The predicted octanol–water partition coefficient (Wildman–Crippen LogP) is 3.22. The second-order valence-corrected chi connectivity index (χ2v) is 3.75. The Morgan fingerprint density at radius 1 is 0.750 bits per heavy atom. The summed E-state index contributed by atoms with van der Waals surface area (Å²) >= 11 is 2.35. The van der Waals surface area contributed by atoms with Gasteiger partial charge in [0.1, 0.15) is 0 Å². The summed E-state index contributed by atoms with van der Waals surface area (Å²) in [5, 5.41) is 0. The summed E-state index contributed by atoms with van der Waals surface area (Å²) in [7, 11) is 0. The van der Waals surface area contributed by atoms with Crippen LogP contribution in [0.1, 0.15) is 11.1 Å². The van der Waals surface area contributed by atoms with Crippen LogP contribution in [0.25, 0.3) is 5.57 Å². The van der Waals surface area contributed by atoms with E-state index in [2.05, 4.69) is 52.1 Å². The van der Waals surface area contributed by atoms with Crippen molar-refractivity contribution in [3.05, 3.63) is 77.5 Å². The van der Waals surface area contributed by atoms with E-state index in [1.807, 2.05) is 36.4 Å². The van der Waals surface area contributed by atoms with Crippen molar-refractivity contribution in [1.29, 1.82) is 0 Å². The first-order valence-corrected chi connectivity index (χ1v) is 5.87. The normalized spacial score (nSPS) is 9.00. The Balaban J connectivity index is 2.58. The minimum absolute atomic E-state index is 1.07. The van der Waals surface area contributed by atoms with Gasteiger partial charge < -0.3 is 0 Å². The van der Waals surface area contributed by atoms with Crippen molar-refractivity contribution in [1.82, 2.24) is 0 Å². The Kier molecular flexibility index (Phi) is 3.81. The minimum atomic E-state index is 1.07. The molecule has 0 nitrogen and oxygen atoms in total. The fraction of sp³-hybridized carbons (Fsp3) is 0. The van der Waals surface area contributed by atoms with Crippen molar-refractivity contribution in [3.63, 3.8) is 0 Å². The summed E-state index contributed by atoms with van der Waals surface area (Å²) in [5.41, 5.74) is 6.54. The van der Waals surface area contributed by atoms with Crippen LogP contribution < -0.4 is 0 Å². The Morgan fingerprint density at radius 3 is 1.56 bits per heavy atom. The molecular formula is C15H10Ru+. The average molecular weight is 291 g/mol. The van der Waals surface area contributed by atoms with Crippen LogP contribution >= 0.6 is 0 Å². The van der Waals surface area contributed by atoms with Crippen molar-refractivity contribution in [2.75, 3.05) is 0 Å². The van der Waals surface area contributed by atoms with E-state index in [1.54, 1.807) is 0 Å². The van der Waals surface area contributed by atoms with Crippen LogP contribution in [0.2, 0.25) is 0 Å². The van der Waals surface area contributed by atoms with Gasteiger partial charge in [-0.2, -0.15) is 0 Å². The van der Waals surface area contributed by atoms with Crippen molar-refractivity contribution in [2.24, 2.45) is 0 Å². The average Bonchev–Trinajstić information content (AvgIpc) is 2.38. The van der Waals surface area contributed by atoms with Crippen LogP contribution in [0.15, 0.2) is 66.4 Å². The maximum absolute atomic E-state index is 3.15. The summed E-state index contributed by atoms with van der Waals surface area (Å²) in [4.78, 5) is 0. The summed E-state index contributed by atoms with van der Waals surface area (Å²) in [6.07, 6.45) is 0. The molecule has 0 aliphatic heterocycles. The first kappa shape index (κ1) is 11.0. The van der Waals surface area contributed by atoms with E-state index < -0.39 is 0 Å². The van der Waals surface area contributed by atoms with E-state index in [4.69, 9.17) is 0 Å². The third-order valence-electron chi connectivity index (χ3n) is 2.29. The molecule has 0 unspecified atom stereocenters. The molecule has 0 bridgehead atoms. The van der Waals surface area contributed by atoms with Crippen molar-refractivity contribution < 1.29 is 17.9 Å². The topological polar surface area (TPSA) is 0 Å². The molecule has 2 rings (SSSR count). The number of hydrogen-bond acceptors (Lipinski definition) is 0. The Labute approximate surface area is 105 Å². The summed E-state index contributed by atoms with van der Waals surface area (Å²) in [6.45, 7) is 0. The van der Waals surface area contributed by atoms with Crippen LogP contribution in [0, 0.1) is 0 Å².